The number of ether oxygens (including phenoxy) is 1. The van der Waals surface area contributed by atoms with Crippen LogP contribution in [0.2, 0.25) is 0 Å². The molecule has 5 nitrogen and oxygen atoms in total. The van der Waals surface area contributed by atoms with Crippen molar-refractivity contribution in [2.75, 3.05) is 11.5 Å². The van der Waals surface area contributed by atoms with Crippen LogP contribution in [0.1, 0.15) is 18.9 Å². The fourth-order valence-electron chi connectivity index (χ4n) is 3.22. The van der Waals surface area contributed by atoms with Crippen molar-refractivity contribution in [3.63, 3.8) is 0 Å². The summed E-state index contributed by atoms with van der Waals surface area (Å²) in [6.07, 6.45) is -0.452. The van der Waals surface area contributed by atoms with Gasteiger partial charge in [-0.2, -0.15) is 0 Å². The molecule has 0 N–H and O–H groups in total. The molecule has 0 spiro atoms. The van der Waals surface area contributed by atoms with Crippen molar-refractivity contribution < 1.29 is 22.3 Å². The molecule has 0 aromatic heterocycles. The van der Waals surface area contributed by atoms with E-state index in [2.05, 4.69) is 0 Å². The molecule has 1 aliphatic rings. The normalized spacial score (nSPS) is 19.4. The Bertz CT molecular complexity index is 901. The van der Waals surface area contributed by atoms with Gasteiger partial charge in [-0.3, -0.25) is 4.79 Å². The molecule has 2 atom stereocenters. The van der Waals surface area contributed by atoms with Gasteiger partial charge in [0, 0.05) is 18.7 Å². The maximum absolute atomic E-state index is 13.4. The van der Waals surface area contributed by atoms with Gasteiger partial charge in [0.05, 0.1) is 11.5 Å². The molecule has 2 aromatic carbocycles. The van der Waals surface area contributed by atoms with Crippen molar-refractivity contribution in [1.82, 2.24) is 4.90 Å². The monoisotopic (exact) mass is 391 g/mol. The molecule has 0 unspecified atom stereocenters. The van der Waals surface area contributed by atoms with Crippen molar-refractivity contribution in [3.8, 4) is 5.75 Å². The highest BCUT2D eigenvalue weighted by atomic mass is 32.2. The lowest BCUT2D eigenvalue weighted by Gasteiger charge is -2.31. The third kappa shape index (κ3) is 5.07. The van der Waals surface area contributed by atoms with Crippen LogP contribution in [0.5, 0.6) is 5.75 Å². The van der Waals surface area contributed by atoms with Crippen molar-refractivity contribution in [1.29, 1.82) is 0 Å². The second-order valence-corrected chi connectivity index (χ2v) is 8.95. The Morgan fingerprint density at radius 2 is 1.96 bits per heavy atom. The molecule has 0 saturated carbocycles. The van der Waals surface area contributed by atoms with Crippen molar-refractivity contribution in [3.05, 3.63) is 66.0 Å². The summed E-state index contributed by atoms with van der Waals surface area (Å²) in [5.74, 6) is -0.469. The highest BCUT2D eigenvalue weighted by Crippen LogP contribution is 2.22. The standard InChI is InChI=1S/C20H22FNO4S/c1-15(26-19-9-5-8-17(21)12-19)20(23)22(13-16-6-3-2-4-7-16)18-10-11-27(24,25)14-18/h2-9,12,15,18H,10-11,13-14H2,1H3/t15-,18-/m0/s1. The average molecular weight is 391 g/mol. The first-order chi connectivity index (χ1) is 12.8. The number of nitrogens with zero attached hydrogens (tertiary/aromatic N) is 1. The van der Waals surface area contributed by atoms with Crippen LogP contribution in [0.25, 0.3) is 0 Å². The first-order valence-corrected chi connectivity index (χ1v) is 10.6. The zero-order valence-corrected chi connectivity index (χ0v) is 15.9. The zero-order chi connectivity index (χ0) is 19.4. The second kappa shape index (κ2) is 8.08. The SMILES string of the molecule is C[C@H](Oc1cccc(F)c1)C(=O)N(Cc1ccccc1)[C@H]1CCS(=O)(=O)C1. The van der Waals surface area contributed by atoms with E-state index in [1.165, 1.54) is 18.2 Å². The summed E-state index contributed by atoms with van der Waals surface area (Å²) in [6, 6.07) is 14.6. The second-order valence-electron chi connectivity index (χ2n) is 6.73. The molecule has 7 heteroatoms. The van der Waals surface area contributed by atoms with E-state index in [-0.39, 0.29) is 29.2 Å². The summed E-state index contributed by atoms with van der Waals surface area (Å²) < 4.78 is 42.8. The van der Waals surface area contributed by atoms with Gasteiger partial charge in [-0.15, -0.1) is 0 Å². The Morgan fingerprint density at radius 1 is 1.22 bits per heavy atom. The maximum Gasteiger partial charge on any atom is 0.263 e. The summed E-state index contributed by atoms with van der Waals surface area (Å²) >= 11 is 0. The molecule has 1 aliphatic heterocycles. The number of sulfone groups is 1. The van der Waals surface area contributed by atoms with Crippen LogP contribution in [-0.4, -0.2) is 42.9 Å². The smallest absolute Gasteiger partial charge is 0.263 e. The van der Waals surface area contributed by atoms with Gasteiger partial charge in [0.15, 0.2) is 15.9 Å². The van der Waals surface area contributed by atoms with E-state index in [1.807, 2.05) is 30.3 Å². The van der Waals surface area contributed by atoms with Gasteiger partial charge in [0.25, 0.3) is 5.91 Å². The Kier molecular flexibility index (Phi) is 5.79. The van der Waals surface area contributed by atoms with E-state index >= 15 is 0 Å². The Hall–Kier alpha value is -2.41. The lowest BCUT2D eigenvalue weighted by molar-refractivity contribution is -0.140. The third-order valence-corrected chi connectivity index (χ3v) is 6.34. The number of carbonyl (C=O) groups excluding carboxylic acids is 1. The predicted molar refractivity (Wildman–Crippen MR) is 101 cm³/mol. The van der Waals surface area contributed by atoms with Crippen molar-refractivity contribution in [2.45, 2.75) is 32.0 Å². The molecule has 1 saturated heterocycles. The van der Waals surface area contributed by atoms with E-state index in [4.69, 9.17) is 4.74 Å². The number of hydrogen-bond acceptors (Lipinski definition) is 4. The van der Waals surface area contributed by atoms with Crippen LogP contribution >= 0.6 is 0 Å². The molecule has 0 aliphatic carbocycles. The summed E-state index contributed by atoms with van der Waals surface area (Å²) in [7, 11) is -3.14. The Labute approximate surface area is 158 Å². The molecule has 2 aromatic rings. The van der Waals surface area contributed by atoms with E-state index < -0.39 is 21.8 Å². The Morgan fingerprint density at radius 3 is 2.59 bits per heavy atom. The lowest BCUT2D eigenvalue weighted by atomic mass is 10.1. The molecule has 0 radical (unpaired) electrons. The minimum absolute atomic E-state index is 0.0434. The predicted octanol–water partition coefficient (Wildman–Crippen LogP) is 2.81. The van der Waals surface area contributed by atoms with Gasteiger partial charge in [0.2, 0.25) is 0 Å². The molecule has 1 amide bonds. The average Bonchev–Trinajstić information content (AvgIpc) is 2.99. The molecule has 1 heterocycles. The highest BCUT2D eigenvalue weighted by molar-refractivity contribution is 7.91. The van der Waals surface area contributed by atoms with Gasteiger partial charge in [-0.05, 0) is 31.0 Å². The van der Waals surface area contributed by atoms with E-state index in [1.54, 1.807) is 17.9 Å². The minimum atomic E-state index is -3.14. The fourth-order valence-corrected chi connectivity index (χ4v) is 4.95. The molecular weight excluding hydrogens is 369 g/mol. The van der Waals surface area contributed by atoms with Crippen LogP contribution in [0, 0.1) is 5.82 Å². The topological polar surface area (TPSA) is 63.7 Å². The van der Waals surface area contributed by atoms with Gasteiger partial charge < -0.3 is 9.64 Å². The number of rotatable bonds is 6. The highest BCUT2D eigenvalue weighted by Gasteiger charge is 2.36. The van der Waals surface area contributed by atoms with Gasteiger partial charge in [-0.1, -0.05) is 36.4 Å². The van der Waals surface area contributed by atoms with E-state index in [9.17, 15) is 17.6 Å². The first kappa shape index (κ1) is 19.4. The summed E-state index contributed by atoms with van der Waals surface area (Å²) in [5, 5.41) is 0. The Balaban J connectivity index is 1.79. The molecule has 3 rings (SSSR count). The van der Waals surface area contributed by atoms with Crippen LogP contribution in [0.4, 0.5) is 4.39 Å². The number of carbonyl (C=O) groups is 1. The molecule has 144 valence electrons. The fraction of sp³-hybridized carbons (Fsp3) is 0.350. The van der Waals surface area contributed by atoms with Crippen LogP contribution in [0.3, 0.4) is 0 Å². The zero-order valence-electron chi connectivity index (χ0n) is 15.0. The van der Waals surface area contributed by atoms with E-state index in [0.29, 0.717) is 13.0 Å². The van der Waals surface area contributed by atoms with Crippen molar-refractivity contribution in [2.24, 2.45) is 0 Å². The van der Waals surface area contributed by atoms with Gasteiger partial charge in [-0.25, -0.2) is 12.8 Å². The van der Waals surface area contributed by atoms with E-state index in [0.717, 1.165) is 5.56 Å². The molecule has 27 heavy (non-hydrogen) atoms. The number of benzene rings is 2. The first-order valence-electron chi connectivity index (χ1n) is 8.81. The molecular formula is C20H22FNO4S. The van der Waals surface area contributed by atoms with Gasteiger partial charge >= 0.3 is 0 Å². The third-order valence-electron chi connectivity index (χ3n) is 4.58. The lowest BCUT2D eigenvalue weighted by Crippen LogP contribution is -2.46. The quantitative estimate of drug-likeness (QED) is 0.760. The summed E-state index contributed by atoms with van der Waals surface area (Å²) in [5.41, 5.74) is 0.910. The number of hydrogen-bond donors (Lipinski definition) is 0. The molecule has 0 bridgehead atoms. The largest absolute Gasteiger partial charge is 0.481 e. The maximum atomic E-state index is 13.4. The van der Waals surface area contributed by atoms with Crippen LogP contribution in [0.15, 0.2) is 54.6 Å². The van der Waals surface area contributed by atoms with Gasteiger partial charge in [0.1, 0.15) is 11.6 Å². The van der Waals surface area contributed by atoms with Crippen molar-refractivity contribution >= 4 is 15.7 Å². The number of halogens is 1. The number of amides is 1. The minimum Gasteiger partial charge on any atom is -0.481 e. The summed E-state index contributed by atoms with van der Waals surface area (Å²) in [6.45, 7) is 1.89. The van der Waals surface area contributed by atoms with Crippen LogP contribution in [-0.2, 0) is 21.2 Å². The summed E-state index contributed by atoms with van der Waals surface area (Å²) in [4.78, 5) is 14.6. The van der Waals surface area contributed by atoms with Crippen LogP contribution < -0.4 is 4.74 Å². The molecule has 1 fully saturated rings.